The smallest absolute Gasteiger partial charge is 0.251 e. The number of nitrogens with one attached hydrogen (secondary N) is 1. The van der Waals surface area contributed by atoms with E-state index < -0.39 is 0 Å². The van der Waals surface area contributed by atoms with Crippen molar-refractivity contribution in [3.05, 3.63) is 59.7 Å². The molecule has 0 aliphatic heterocycles. The summed E-state index contributed by atoms with van der Waals surface area (Å²) in [5.74, 6) is -0.0892. The number of rotatable bonds is 4. The van der Waals surface area contributed by atoms with Gasteiger partial charge in [0.1, 0.15) is 0 Å². The predicted molar refractivity (Wildman–Crippen MR) is 87.5 cm³/mol. The molecule has 0 fully saturated rings. The number of hydrogen-bond acceptors (Lipinski definition) is 3. The van der Waals surface area contributed by atoms with Gasteiger partial charge in [-0.2, -0.15) is 0 Å². The lowest BCUT2D eigenvalue weighted by Gasteiger charge is -2.17. The number of hydrogen-bond donors (Lipinski definition) is 2. The number of amides is 1. The molecule has 0 aromatic heterocycles. The monoisotopic (exact) mass is 283 g/mol. The Balaban J connectivity index is 2.12. The van der Waals surface area contributed by atoms with Gasteiger partial charge in [0.2, 0.25) is 0 Å². The van der Waals surface area contributed by atoms with Gasteiger partial charge in [-0.15, -0.1) is 0 Å². The molecule has 2 aromatic rings. The van der Waals surface area contributed by atoms with Crippen LogP contribution in [-0.4, -0.2) is 20.0 Å². The normalized spacial score (nSPS) is 11.8. The van der Waals surface area contributed by atoms with Crippen LogP contribution in [0.2, 0.25) is 0 Å². The Morgan fingerprint density at radius 3 is 2.52 bits per heavy atom. The maximum absolute atomic E-state index is 12.3. The van der Waals surface area contributed by atoms with Crippen molar-refractivity contribution in [2.75, 3.05) is 24.7 Å². The summed E-state index contributed by atoms with van der Waals surface area (Å²) in [5, 5.41) is 2.99. The first-order valence-corrected chi connectivity index (χ1v) is 6.91. The number of anilines is 2. The van der Waals surface area contributed by atoms with Crippen molar-refractivity contribution in [1.29, 1.82) is 0 Å². The van der Waals surface area contributed by atoms with Gasteiger partial charge in [0, 0.05) is 31.0 Å². The minimum Gasteiger partial charge on any atom is -0.399 e. The maximum Gasteiger partial charge on any atom is 0.251 e. The highest BCUT2D eigenvalue weighted by Crippen LogP contribution is 2.17. The average molecular weight is 283 g/mol. The van der Waals surface area contributed by atoms with Gasteiger partial charge in [-0.3, -0.25) is 4.79 Å². The molecule has 0 aliphatic carbocycles. The van der Waals surface area contributed by atoms with Crippen molar-refractivity contribution in [1.82, 2.24) is 5.32 Å². The van der Waals surface area contributed by atoms with E-state index in [1.807, 2.05) is 74.4 Å². The largest absolute Gasteiger partial charge is 0.399 e. The zero-order chi connectivity index (χ0) is 15.4. The average Bonchev–Trinajstić information content (AvgIpc) is 2.47. The van der Waals surface area contributed by atoms with Gasteiger partial charge in [-0.25, -0.2) is 0 Å². The fraction of sp³-hybridized carbons (Fsp3) is 0.235. The summed E-state index contributed by atoms with van der Waals surface area (Å²) in [4.78, 5) is 14.3. The van der Waals surface area contributed by atoms with E-state index in [9.17, 15) is 4.79 Å². The van der Waals surface area contributed by atoms with Crippen LogP contribution in [0.15, 0.2) is 48.5 Å². The van der Waals surface area contributed by atoms with Gasteiger partial charge in [0.15, 0.2) is 0 Å². The summed E-state index contributed by atoms with van der Waals surface area (Å²) in [6.45, 7) is 1.95. The number of nitrogens with two attached hydrogens (primary N) is 1. The summed E-state index contributed by atoms with van der Waals surface area (Å²) >= 11 is 0. The van der Waals surface area contributed by atoms with Crippen LogP contribution in [0.25, 0.3) is 0 Å². The number of benzene rings is 2. The quantitative estimate of drug-likeness (QED) is 0.848. The third-order valence-electron chi connectivity index (χ3n) is 3.38. The molecule has 3 N–H and O–H groups in total. The van der Waals surface area contributed by atoms with Gasteiger partial charge in [-0.05, 0) is 42.8 Å². The Morgan fingerprint density at radius 2 is 1.86 bits per heavy atom. The fourth-order valence-corrected chi connectivity index (χ4v) is 2.12. The number of nitrogen functional groups attached to an aromatic ring is 1. The molecule has 110 valence electrons. The predicted octanol–water partition coefficient (Wildman–Crippen LogP) is 2.83. The zero-order valence-electron chi connectivity index (χ0n) is 12.6. The second-order valence-electron chi connectivity index (χ2n) is 5.31. The molecule has 1 unspecified atom stereocenters. The molecule has 1 amide bonds. The SMILES string of the molecule is CC(NC(=O)c1cccc(N(C)C)c1)c1cccc(N)c1. The van der Waals surface area contributed by atoms with E-state index in [-0.39, 0.29) is 11.9 Å². The second-order valence-corrected chi connectivity index (χ2v) is 5.31. The van der Waals surface area contributed by atoms with Crippen LogP contribution in [0.4, 0.5) is 11.4 Å². The lowest BCUT2D eigenvalue weighted by Crippen LogP contribution is -2.26. The summed E-state index contributed by atoms with van der Waals surface area (Å²) in [7, 11) is 3.90. The maximum atomic E-state index is 12.3. The highest BCUT2D eigenvalue weighted by Gasteiger charge is 2.12. The summed E-state index contributed by atoms with van der Waals surface area (Å²) < 4.78 is 0. The first-order chi connectivity index (χ1) is 9.97. The van der Waals surface area contributed by atoms with E-state index in [2.05, 4.69) is 5.32 Å². The Bertz CT molecular complexity index is 637. The molecular formula is C17H21N3O. The summed E-state index contributed by atoms with van der Waals surface area (Å²) in [6, 6.07) is 15.0. The van der Waals surface area contributed by atoms with Crippen molar-refractivity contribution in [2.24, 2.45) is 0 Å². The Morgan fingerprint density at radius 1 is 1.14 bits per heavy atom. The molecule has 0 spiro atoms. The van der Waals surface area contributed by atoms with Crippen LogP contribution < -0.4 is 16.0 Å². The van der Waals surface area contributed by atoms with Gasteiger partial charge in [0.25, 0.3) is 5.91 Å². The topological polar surface area (TPSA) is 58.4 Å². The van der Waals surface area contributed by atoms with E-state index >= 15 is 0 Å². The van der Waals surface area contributed by atoms with Crippen molar-refractivity contribution in [3.63, 3.8) is 0 Å². The molecule has 2 aromatic carbocycles. The molecular weight excluding hydrogens is 262 g/mol. The molecule has 0 saturated heterocycles. The van der Waals surface area contributed by atoms with Crippen LogP contribution in [0.1, 0.15) is 28.9 Å². The highest BCUT2D eigenvalue weighted by molar-refractivity contribution is 5.95. The molecule has 4 nitrogen and oxygen atoms in total. The Kier molecular flexibility index (Phi) is 4.48. The number of nitrogens with zero attached hydrogens (tertiary/aromatic N) is 1. The van der Waals surface area contributed by atoms with Gasteiger partial charge < -0.3 is 16.0 Å². The van der Waals surface area contributed by atoms with Crippen LogP contribution >= 0.6 is 0 Å². The molecule has 21 heavy (non-hydrogen) atoms. The molecule has 0 heterocycles. The van der Waals surface area contributed by atoms with Gasteiger partial charge in [0.05, 0.1) is 6.04 Å². The number of carbonyl (C=O) groups excluding carboxylic acids is 1. The van der Waals surface area contributed by atoms with Crippen LogP contribution in [0.5, 0.6) is 0 Å². The lowest BCUT2D eigenvalue weighted by atomic mass is 10.1. The molecule has 1 atom stereocenters. The first-order valence-electron chi connectivity index (χ1n) is 6.91. The first kappa shape index (κ1) is 14.9. The molecule has 4 heteroatoms. The minimum atomic E-state index is -0.0935. The summed E-state index contributed by atoms with van der Waals surface area (Å²) in [5.41, 5.74) is 9.11. The van der Waals surface area contributed by atoms with E-state index in [1.165, 1.54) is 0 Å². The highest BCUT2D eigenvalue weighted by atomic mass is 16.1. The third-order valence-corrected chi connectivity index (χ3v) is 3.38. The van der Waals surface area contributed by atoms with Crippen molar-refractivity contribution >= 4 is 17.3 Å². The second kappa shape index (κ2) is 6.31. The zero-order valence-corrected chi connectivity index (χ0v) is 12.6. The fourth-order valence-electron chi connectivity index (χ4n) is 2.12. The van der Waals surface area contributed by atoms with Crippen LogP contribution in [-0.2, 0) is 0 Å². The molecule has 0 aliphatic rings. The molecule has 0 bridgehead atoms. The third kappa shape index (κ3) is 3.75. The van der Waals surface area contributed by atoms with Gasteiger partial charge >= 0.3 is 0 Å². The minimum absolute atomic E-state index is 0.0892. The van der Waals surface area contributed by atoms with Crippen molar-refractivity contribution in [2.45, 2.75) is 13.0 Å². The van der Waals surface area contributed by atoms with E-state index in [4.69, 9.17) is 5.73 Å². The van der Waals surface area contributed by atoms with Crippen molar-refractivity contribution in [3.8, 4) is 0 Å². The van der Waals surface area contributed by atoms with Crippen molar-refractivity contribution < 1.29 is 4.79 Å². The van der Waals surface area contributed by atoms with E-state index in [1.54, 1.807) is 0 Å². The van der Waals surface area contributed by atoms with Crippen LogP contribution in [0, 0.1) is 0 Å². The molecule has 0 saturated carbocycles. The molecule has 0 radical (unpaired) electrons. The Hall–Kier alpha value is -2.49. The number of carbonyl (C=O) groups is 1. The summed E-state index contributed by atoms with van der Waals surface area (Å²) in [6.07, 6.45) is 0. The van der Waals surface area contributed by atoms with E-state index in [0.29, 0.717) is 11.3 Å². The van der Waals surface area contributed by atoms with Crippen LogP contribution in [0.3, 0.4) is 0 Å². The van der Waals surface area contributed by atoms with Gasteiger partial charge in [-0.1, -0.05) is 18.2 Å². The lowest BCUT2D eigenvalue weighted by molar-refractivity contribution is 0.0940. The van der Waals surface area contributed by atoms with E-state index in [0.717, 1.165) is 11.3 Å². The Labute approximate surface area is 125 Å². The molecule has 2 rings (SSSR count). The standard InChI is InChI=1S/C17H21N3O/c1-12(13-6-4-8-15(18)10-13)19-17(21)14-7-5-9-16(11-14)20(2)3/h4-12H,18H2,1-3H3,(H,19,21).